The van der Waals surface area contributed by atoms with Crippen LogP contribution in [0.1, 0.15) is 25.3 Å². The van der Waals surface area contributed by atoms with Gasteiger partial charge in [-0.2, -0.15) is 8.42 Å². The third-order valence-corrected chi connectivity index (χ3v) is 6.38. The molecule has 1 aliphatic rings. The summed E-state index contributed by atoms with van der Waals surface area (Å²) in [6.45, 7) is 2.53. The topological polar surface area (TPSA) is 96.7 Å². The monoisotopic (exact) mass is 425 g/mol. The number of benzene rings is 1. The van der Waals surface area contributed by atoms with Crippen molar-refractivity contribution in [3.63, 3.8) is 0 Å². The zero-order chi connectivity index (χ0) is 21.5. The van der Waals surface area contributed by atoms with Gasteiger partial charge in [-0.05, 0) is 30.7 Å². The van der Waals surface area contributed by atoms with Crippen LogP contribution in [-0.4, -0.2) is 37.9 Å². The minimum atomic E-state index is -3.94. The normalized spacial score (nSPS) is 14.7. The molecule has 2 aromatic heterocycles. The lowest BCUT2D eigenvalue weighted by molar-refractivity contribution is 0.597. The fraction of sp³-hybridized carbons (Fsp3) is 0.286. The van der Waals surface area contributed by atoms with Gasteiger partial charge in [-0.15, -0.1) is 4.40 Å². The second-order valence-corrected chi connectivity index (χ2v) is 8.91. The zero-order valence-electron chi connectivity index (χ0n) is 17.1. The molecule has 1 N–H and O–H groups in total. The van der Waals surface area contributed by atoms with Crippen molar-refractivity contribution in [1.29, 1.82) is 0 Å². The Morgan fingerprint density at radius 1 is 1.13 bits per heavy atom. The van der Waals surface area contributed by atoms with Crippen molar-refractivity contribution in [2.75, 3.05) is 24.3 Å². The maximum atomic E-state index is 13.6. The van der Waals surface area contributed by atoms with Gasteiger partial charge in [0.15, 0.2) is 5.84 Å². The Labute approximate surface area is 174 Å². The molecule has 9 heteroatoms. The summed E-state index contributed by atoms with van der Waals surface area (Å²) < 4.78 is 31.2. The van der Waals surface area contributed by atoms with Gasteiger partial charge >= 0.3 is 0 Å². The molecule has 0 saturated carbocycles. The van der Waals surface area contributed by atoms with E-state index in [0.717, 1.165) is 18.2 Å². The lowest BCUT2D eigenvalue weighted by Gasteiger charge is -2.25. The third kappa shape index (κ3) is 3.24. The van der Waals surface area contributed by atoms with E-state index in [1.807, 2.05) is 27.1 Å². The molecule has 0 fully saturated rings. The smallest absolute Gasteiger partial charge is 0.286 e. The Bertz CT molecular complexity index is 1330. The van der Waals surface area contributed by atoms with Crippen LogP contribution < -0.4 is 15.8 Å². The number of sulfonamides is 1. The number of unbranched alkanes of at least 4 members (excludes halogenated alkanes) is 1. The van der Waals surface area contributed by atoms with Crippen molar-refractivity contribution >= 4 is 38.3 Å². The first-order valence-electron chi connectivity index (χ1n) is 9.75. The number of para-hydroxylation sites is 1. The summed E-state index contributed by atoms with van der Waals surface area (Å²) in [5.74, 6) is 0.0263. The van der Waals surface area contributed by atoms with Crippen LogP contribution in [0.2, 0.25) is 0 Å². The summed E-state index contributed by atoms with van der Waals surface area (Å²) in [7, 11) is -0.314. The minimum Gasteiger partial charge on any atom is -0.376 e. The van der Waals surface area contributed by atoms with E-state index in [-0.39, 0.29) is 21.9 Å². The van der Waals surface area contributed by atoms with Crippen LogP contribution in [0.4, 0.5) is 11.4 Å². The molecule has 0 amide bonds. The molecular formula is C21H23N5O3S. The zero-order valence-corrected chi connectivity index (χ0v) is 17.9. The summed E-state index contributed by atoms with van der Waals surface area (Å²) >= 11 is 0. The molecule has 0 atom stereocenters. The first-order valence-corrected chi connectivity index (χ1v) is 11.2. The predicted octanol–water partition coefficient (Wildman–Crippen LogP) is 2.82. The number of fused-ring (bicyclic) bond motifs is 2. The Kier molecular flexibility index (Phi) is 5.07. The van der Waals surface area contributed by atoms with Gasteiger partial charge < -0.3 is 10.2 Å². The quantitative estimate of drug-likeness (QED) is 0.675. The molecule has 0 saturated heterocycles. The molecule has 0 radical (unpaired) electrons. The maximum absolute atomic E-state index is 13.6. The first-order chi connectivity index (χ1) is 14.3. The van der Waals surface area contributed by atoms with E-state index in [2.05, 4.69) is 14.7 Å². The number of aryl methyl sites for hydroxylation is 1. The number of anilines is 2. The van der Waals surface area contributed by atoms with Crippen molar-refractivity contribution in [3.05, 3.63) is 58.5 Å². The molecule has 3 heterocycles. The van der Waals surface area contributed by atoms with Crippen LogP contribution in [0, 0.1) is 0 Å². The van der Waals surface area contributed by atoms with Gasteiger partial charge in [-0.3, -0.25) is 9.36 Å². The van der Waals surface area contributed by atoms with E-state index in [0.29, 0.717) is 23.6 Å². The highest BCUT2D eigenvalue weighted by Crippen LogP contribution is 2.32. The number of pyridine rings is 2. The van der Waals surface area contributed by atoms with Crippen molar-refractivity contribution in [2.45, 2.75) is 31.2 Å². The summed E-state index contributed by atoms with van der Waals surface area (Å²) in [6.07, 6.45) is 3.36. The molecule has 0 unspecified atom stereocenters. The fourth-order valence-electron chi connectivity index (χ4n) is 3.69. The molecule has 0 spiro atoms. The van der Waals surface area contributed by atoms with Crippen LogP contribution in [0.15, 0.2) is 56.7 Å². The molecule has 0 aliphatic carbocycles. The molecule has 4 rings (SSSR count). The van der Waals surface area contributed by atoms with E-state index >= 15 is 0 Å². The predicted molar refractivity (Wildman–Crippen MR) is 119 cm³/mol. The van der Waals surface area contributed by atoms with Crippen molar-refractivity contribution < 1.29 is 8.42 Å². The van der Waals surface area contributed by atoms with E-state index in [9.17, 15) is 13.2 Å². The molecule has 8 nitrogen and oxygen atoms in total. The number of hydrogen-bond donors (Lipinski definition) is 1. The standard InChI is InChI=1S/C21H23N5O3S/c1-4-5-13-26-20-14(9-8-12-22-20)18(25(2)3)17(21(26)27)19-23-15-10-6-7-11-16(15)30(28,29)24-19/h6-12H,4-5,13H2,1-3H3,(H,23,24). The summed E-state index contributed by atoms with van der Waals surface area (Å²) in [5, 5.41) is 3.82. The highest BCUT2D eigenvalue weighted by atomic mass is 32.2. The van der Waals surface area contributed by atoms with Gasteiger partial charge in [0.1, 0.15) is 16.1 Å². The van der Waals surface area contributed by atoms with Crippen LogP contribution in [0.25, 0.3) is 11.0 Å². The van der Waals surface area contributed by atoms with Crippen LogP contribution in [0.5, 0.6) is 0 Å². The fourth-order valence-corrected chi connectivity index (χ4v) is 4.81. The molecule has 3 aromatic rings. The van der Waals surface area contributed by atoms with Gasteiger partial charge in [0.25, 0.3) is 15.6 Å². The van der Waals surface area contributed by atoms with Gasteiger partial charge in [0.05, 0.1) is 11.4 Å². The molecular weight excluding hydrogens is 402 g/mol. The van der Waals surface area contributed by atoms with Crippen LogP contribution in [-0.2, 0) is 16.6 Å². The number of rotatable bonds is 5. The van der Waals surface area contributed by atoms with Gasteiger partial charge in [0, 0.05) is 32.2 Å². The van der Waals surface area contributed by atoms with Gasteiger partial charge in [0.2, 0.25) is 0 Å². The molecule has 30 heavy (non-hydrogen) atoms. The number of nitrogens with one attached hydrogen (secondary N) is 1. The third-order valence-electron chi connectivity index (χ3n) is 5.04. The molecule has 0 bridgehead atoms. The first kappa shape index (κ1) is 20.1. The number of nitrogens with zero attached hydrogens (tertiary/aromatic N) is 4. The average Bonchev–Trinajstić information content (AvgIpc) is 2.71. The van der Waals surface area contributed by atoms with E-state index < -0.39 is 10.0 Å². The van der Waals surface area contributed by atoms with E-state index in [1.165, 1.54) is 6.07 Å². The summed E-state index contributed by atoms with van der Waals surface area (Å²) in [4.78, 5) is 19.9. The Balaban J connectivity index is 2.06. The van der Waals surface area contributed by atoms with Crippen molar-refractivity contribution in [1.82, 2.24) is 9.55 Å². The minimum absolute atomic E-state index is 0.0263. The van der Waals surface area contributed by atoms with Gasteiger partial charge in [-0.1, -0.05) is 25.5 Å². The number of amidine groups is 1. The van der Waals surface area contributed by atoms with Crippen LogP contribution >= 0.6 is 0 Å². The maximum Gasteiger partial charge on any atom is 0.286 e. The number of hydrogen-bond acceptors (Lipinski definition) is 6. The van der Waals surface area contributed by atoms with Crippen molar-refractivity contribution in [2.24, 2.45) is 4.40 Å². The second-order valence-electron chi connectivity index (χ2n) is 7.34. The van der Waals surface area contributed by atoms with E-state index in [4.69, 9.17) is 0 Å². The molecule has 156 valence electrons. The Morgan fingerprint density at radius 2 is 1.90 bits per heavy atom. The Morgan fingerprint density at radius 3 is 2.63 bits per heavy atom. The van der Waals surface area contributed by atoms with Gasteiger partial charge in [-0.25, -0.2) is 4.98 Å². The van der Waals surface area contributed by atoms with E-state index in [1.54, 1.807) is 39.9 Å². The van der Waals surface area contributed by atoms with Crippen molar-refractivity contribution in [3.8, 4) is 0 Å². The average molecular weight is 426 g/mol. The largest absolute Gasteiger partial charge is 0.376 e. The lowest BCUT2D eigenvalue weighted by atomic mass is 10.1. The SMILES string of the molecule is CCCCn1c(=O)c(C2=NS(=O)(=O)c3ccccc3N2)c(N(C)C)c2cccnc21. The summed E-state index contributed by atoms with van der Waals surface area (Å²) in [5.41, 5.74) is 1.45. The molecule has 1 aromatic carbocycles. The Hall–Kier alpha value is -3.20. The van der Waals surface area contributed by atoms with Crippen LogP contribution in [0.3, 0.4) is 0 Å². The lowest BCUT2D eigenvalue weighted by Crippen LogP contribution is -2.35. The molecule has 1 aliphatic heterocycles. The second kappa shape index (κ2) is 7.56. The summed E-state index contributed by atoms with van der Waals surface area (Å²) in [6, 6.07) is 10.2. The number of aromatic nitrogens is 2. The highest BCUT2D eigenvalue weighted by Gasteiger charge is 2.30. The highest BCUT2D eigenvalue weighted by molar-refractivity contribution is 7.90.